The van der Waals surface area contributed by atoms with Gasteiger partial charge in [-0.15, -0.1) is 0 Å². The van der Waals surface area contributed by atoms with Gasteiger partial charge in [0.25, 0.3) is 5.91 Å². The molecule has 4 N–H and O–H groups in total. The summed E-state index contributed by atoms with van der Waals surface area (Å²) in [6.45, 7) is 4.03. The van der Waals surface area contributed by atoms with Crippen molar-refractivity contribution in [1.29, 1.82) is 0 Å². The van der Waals surface area contributed by atoms with Crippen LogP contribution in [-0.4, -0.2) is 59.1 Å². The lowest BCUT2D eigenvalue weighted by Gasteiger charge is -2.34. The summed E-state index contributed by atoms with van der Waals surface area (Å²) in [5, 5.41) is 3.73. The number of carbonyl (C=O) groups is 1. The van der Waals surface area contributed by atoms with Crippen molar-refractivity contribution in [2.75, 3.05) is 48.9 Å². The van der Waals surface area contributed by atoms with Crippen LogP contribution in [0.5, 0.6) is 0 Å². The molecule has 1 aliphatic heterocycles. The van der Waals surface area contributed by atoms with Crippen molar-refractivity contribution in [3.63, 3.8) is 0 Å². The maximum absolute atomic E-state index is 14.2. The maximum atomic E-state index is 14.2. The van der Waals surface area contributed by atoms with Crippen LogP contribution in [0.1, 0.15) is 10.4 Å². The summed E-state index contributed by atoms with van der Waals surface area (Å²) in [6.07, 6.45) is 1.01. The number of aromatic nitrogens is 2. The van der Waals surface area contributed by atoms with E-state index in [9.17, 15) is 9.18 Å². The number of anilines is 4. The Balaban J connectivity index is 1.42. The van der Waals surface area contributed by atoms with Crippen LogP contribution in [0.2, 0.25) is 0 Å². The number of benzene rings is 2. The summed E-state index contributed by atoms with van der Waals surface area (Å²) in [6, 6.07) is 16.3. The molecule has 9 nitrogen and oxygen atoms in total. The van der Waals surface area contributed by atoms with Crippen molar-refractivity contribution < 1.29 is 9.18 Å². The number of hydrogen-bond acceptors (Lipinski definition) is 8. The van der Waals surface area contributed by atoms with Crippen LogP contribution in [0.15, 0.2) is 60.8 Å². The average molecular weight is 436 g/mol. The lowest BCUT2D eigenvalue weighted by atomic mass is 10.2. The molecule has 32 heavy (non-hydrogen) atoms. The van der Waals surface area contributed by atoms with E-state index in [1.807, 2.05) is 24.3 Å². The second kappa shape index (κ2) is 9.58. The van der Waals surface area contributed by atoms with Crippen molar-refractivity contribution in [1.82, 2.24) is 20.0 Å². The van der Waals surface area contributed by atoms with Crippen molar-refractivity contribution in [3.05, 3.63) is 72.2 Å². The lowest BCUT2D eigenvalue weighted by Crippen LogP contribution is -2.44. The van der Waals surface area contributed by atoms with E-state index >= 15 is 0 Å². The highest BCUT2D eigenvalue weighted by Gasteiger charge is 2.16. The predicted molar refractivity (Wildman–Crippen MR) is 122 cm³/mol. The first-order valence-electron chi connectivity index (χ1n) is 10.2. The number of hydrazine groups is 2. The zero-order valence-electron chi connectivity index (χ0n) is 17.7. The number of amides is 1. The molecule has 1 aromatic heterocycles. The number of hydrogen-bond donors (Lipinski definition) is 3. The average Bonchev–Trinajstić information content (AvgIpc) is 2.82. The van der Waals surface area contributed by atoms with Gasteiger partial charge >= 0.3 is 0 Å². The summed E-state index contributed by atoms with van der Waals surface area (Å²) in [5.41, 5.74) is 4.73. The molecular weight excluding hydrogens is 411 g/mol. The van der Waals surface area contributed by atoms with Crippen LogP contribution in [0, 0.1) is 5.82 Å². The zero-order chi connectivity index (χ0) is 22.5. The Morgan fingerprint density at radius 1 is 1.06 bits per heavy atom. The minimum atomic E-state index is -0.739. The van der Waals surface area contributed by atoms with Crippen molar-refractivity contribution >= 4 is 29.0 Å². The normalized spacial score (nSPS) is 14.2. The molecule has 0 atom stereocenters. The Hall–Kier alpha value is -3.76. The highest BCUT2D eigenvalue weighted by atomic mass is 19.1. The number of halogens is 1. The maximum Gasteiger partial charge on any atom is 0.287 e. The molecular formula is C22H25FN8O. The fourth-order valence-electron chi connectivity index (χ4n) is 3.34. The predicted octanol–water partition coefficient (Wildman–Crippen LogP) is 2.45. The van der Waals surface area contributed by atoms with Crippen LogP contribution in [0.4, 0.5) is 27.5 Å². The number of piperazine rings is 1. The van der Waals surface area contributed by atoms with Crippen LogP contribution in [0.25, 0.3) is 0 Å². The smallest absolute Gasteiger partial charge is 0.287 e. The van der Waals surface area contributed by atoms with E-state index < -0.39 is 11.7 Å². The van der Waals surface area contributed by atoms with E-state index in [0.717, 1.165) is 43.8 Å². The molecule has 0 spiro atoms. The molecule has 3 aromatic rings. The van der Waals surface area contributed by atoms with Crippen LogP contribution in [0.3, 0.4) is 0 Å². The summed E-state index contributed by atoms with van der Waals surface area (Å²) in [4.78, 5) is 25.1. The van der Waals surface area contributed by atoms with Gasteiger partial charge in [-0.05, 0) is 43.4 Å². The van der Waals surface area contributed by atoms with E-state index in [2.05, 4.69) is 37.6 Å². The minimum absolute atomic E-state index is 0.168. The molecule has 4 rings (SSSR count). The van der Waals surface area contributed by atoms with E-state index in [1.54, 1.807) is 30.3 Å². The summed E-state index contributed by atoms with van der Waals surface area (Å²) in [7, 11) is 2.12. The monoisotopic (exact) mass is 436 g/mol. The molecule has 10 heteroatoms. The van der Waals surface area contributed by atoms with Crippen molar-refractivity contribution in [3.8, 4) is 0 Å². The van der Waals surface area contributed by atoms with E-state index in [1.165, 1.54) is 0 Å². The van der Waals surface area contributed by atoms with E-state index in [0.29, 0.717) is 10.7 Å². The van der Waals surface area contributed by atoms with Crippen LogP contribution < -0.4 is 21.5 Å². The topological polar surface area (TPSA) is 103 Å². The highest BCUT2D eigenvalue weighted by molar-refractivity contribution is 5.94. The Bertz CT molecular complexity index is 1060. The summed E-state index contributed by atoms with van der Waals surface area (Å²) in [5.74, 6) is 4.45. The largest absolute Gasteiger partial charge is 0.369 e. The highest BCUT2D eigenvalue weighted by Crippen LogP contribution is 2.22. The first kappa shape index (κ1) is 21.5. The second-order valence-electron chi connectivity index (χ2n) is 7.51. The van der Waals surface area contributed by atoms with Gasteiger partial charge in [0.05, 0.1) is 6.20 Å². The van der Waals surface area contributed by atoms with Gasteiger partial charge in [-0.2, -0.15) is 10.1 Å². The molecule has 1 aliphatic rings. The van der Waals surface area contributed by atoms with E-state index in [4.69, 9.17) is 5.84 Å². The Labute approximate surface area is 185 Å². The van der Waals surface area contributed by atoms with Gasteiger partial charge < -0.3 is 15.1 Å². The SMILES string of the molecule is CN1CCN(c2ccc(Nc3ncc(F)c(NN(N)C(=O)c4ccccc4)n3)cc2)CC1. The number of nitrogens with two attached hydrogens (primary N) is 1. The van der Waals surface area contributed by atoms with Crippen LogP contribution in [-0.2, 0) is 0 Å². The van der Waals surface area contributed by atoms with Crippen molar-refractivity contribution in [2.24, 2.45) is 5.84 Å². The lowest BCUT2D eigenvalue weighted by molar-refractivity contribution is 0.0792. The molecule has 0 bridgehead atoms. The molecule has 1 saturated heterocycles. The van der Waals surface area contributed by atoms with Gasteiger partial charge in [0.1, 0.15) is 0 Å². The number of nitrogens with zero attached hydrogens (tertiary/aromatic N) is 5. The van der Waals surface area contributed by atoms with Gasteiger partial charge in [-0.1, -0.05) is 18.2 Å². The first-order chi connectivity index (χ1) is 15.5. The molecule has 1 fully saturated rings. The molecule has 0 saturated carbocycles. The third kappa shape index (κ3) is 5.10. The Morgan fingerprint density at radius 2 is 1.75 bits per heavy atom. The molecule has 2 heterocycles. The van der Waals surface area contributed by atoms with Gasteiger partial charge in [0.2, 0.25) is 5.95 Å². The standard InChI is InChI=1S/C22H25FN8O/c1-29-11-13-30(14-12-29)18-9-7-17(8-10-18)26-22-25-15-19(23)20(27-22)28-31(24)21(32)16-5-3-2-4-6-16/h2-10,15H,11-14,24H2,1H3,(H2,25,26,27,28). The molecule has 0 unspecified atom stereocenters. The third-order valence-corrected chi connectivity index (χ3v) is 5.20. The summed E-state index contributed by atoms with van der Waals surface area (Å²) >= 11 is 0. The number of nitrogens with one attached hydrogen (secondary N) is 2. The zero-order valence-corrected chi connectivity index (χ0v) is 17.7. The fourth-order valence-corrected chi connectivity index (χ4v) is 3.34. The van der Waals surface area contributed by atoms with Gasteiger partial charge in [-0.25, -0.2) is 15.2 Å². The number of likely N-dealkylation sites (N-methyl/N-ethyl adjacent to an activating group) is 1. The van der Waals surface area contributed by atoms with Gasteiger partial charge in [-0.3, -0.25) is 10.2 Å². The van der Waals surface area contributed by atoms with Crippen LogP contribution >= 0.6 is 0 Å². The number of rotatable bonds is 6. The third-order valence-electron chi connectivity index (χ3n) is 5.20. The quantitative estimate of drug-likeness (QED) is 0.308. The fraction of sp³-hybridized carbons (Fsp3) is 0.227. The Morgan fingerprint density at radius 3 is 2.44 bits per heavy atom. The molecule has 166 valence electrons. The molecule has 1 amide bonds. The molecule has 0 radical (unpaired) electrons. The molecule has 2 aromatic carbocycles. The first-order valence-corrected chi connectivity index (χ1v) is 10.2. The summed E-state index contributed by atoms with van der Waals surface area (Å²) < 4.78 is 14.2. The Kier molecular flexibility index (Phi) is 6.43. The van der Waals surface area contributed by atoms with Gasteiger partial charge in [0.15, 0.2) is 11.6 Å². The minimum Gasteiger partial charge on any atom is -0.369 e. The number of carbonyl (C=O) groups excluding carboxylic acids is 1. The van der Waals surface area contributed by atoms with Gasteiger partial charge in [0, 0.05) is 43.1 Å². The second-order valence-corrected chi connectivity index (χ2v) is 7.51. The van der Waals surface area contributed by atoms with Crippen molar-refractivity contribution in [2.45, 2.75) is 0 Å². The molecule has 0 aliphatic carbocycles. The van der Waals surface area contributed by atoms with E-state index in [-0.39, 0.29) is 11.8 Å².